The smallest absolute Gasteiger partial charge is 0.221 e. The van der Waals surface area contributed by atoms with E-state index in [1.54, 1.807) is 0 Å². The Hall–Kier alpha value is -0.610. The molecule has 14 heavy (non-hydrogen) atoms. The molecular weight excluding hydrogens is 178 g/mol. The lowest BCUT2D eigenvalue weighted by atomic mass is 10.4. The van der Waals surface area contributed by atoms with Crippen molar-refractivity contribution in [1.29, 1.82) is 0 Å². The molecule has 0 aromatic carbocycles. The molecule has 1 aliphatic rings. The van der Waals surface area contributed by atoms with E-state index in [1.165, 1.54) is 12.8 Å². The summed E-state index contributed by atoms with van der Waals surface area (Å²) in [6, 6.07) is 0.490. The Morgan fingerprint density at radius 1 is 1.36 bits per heavy atom. The standard InChI is InChI=1S/C10H21N3O/c1-13(2)8-7-11-6-5-10(14)12-9-3-4-9/h9,11H,3-8H2,1-2H3,(H,12,14). The minimum absolute atomic E-state index is 0.185. The number of nitrogens with zero attached hydrogens (tertiary/aromatic N) is 1. The molecule has 1 saturated carbocycles. The molecule has 82 valence electrons. The molecule has 0 atom stereocenters. The van der Waals surface area contributed by atoms with Gasteiger partial charge in [-0.3, -0.25) is 4.79 Å². The molecule has 0 heterocycles. The number of carbonyl (C=O) groups is 1. The zero-order valence-corrected chi connectivity index (χ0v) is 9.18. The van der Waals surface area contributed by atoms with E-state index in [9.17, 15) is 4.79 Å². The zero-order valence-electron chi connectivity index (χ0n) is 9.18. The second kappa shape index (κ2) is 5.98. The van der Waals surface area contributed by atoms with Crippen molar-refractivity contribution in [3.8, 4) is 0 Å². The molecule has 4 heteroatoms. The van der Waals surface area contributed by atoms with E-state index in [2.05, 4.69) is 15.5 Å². The average Bonchev–Trinajstić information content (AvgIpc) is 2.87. The van der Waals surface area contributed by atoms with Crippen molar-refractivity contribution in [1.82, 2.24) is 15.5 Å². The van der Waals surface area contributed by atoms with Crippen molar-refractivity contribution in [2.45, 2.75) is 25.3 Å². The van der Waals surface area contributed by atoms with Crippen molar-refractivity contribution in [3.05, 3.63) is 0 Å². The van der Waals surface area contributed by atoms with Crippen molar-refractivity contribution < 1.29 is 4.79 Å². The lowest BCUT2D eigenvalue weighted by molar-refractivity contribution is -0.121. The van der Waals surface area contributed by atoms with E-state index in [0.717, 1.165) is 19.6 Å². The highest BCUT2D eigenvalue weighted by atomic mass is 16.1. The van der Waals surface area contributed by atoms with Crippen LogP contribution in [0.2, 0.25) is 0 Å². The quantitative estimate of drug-likeness (QED) is 0.558. The molecule has 0 bridgehead atoms. The Labute approximate surface area is 86.0 Å². The highest BCUT2D eigenvalue weighted by Crippen LogP contribution is 2.18. The van der Waals surface area contributed by atoms with Gasteiger partial charge in [0.1, 0.15) is 0 Å². The number of carbonyl (C=O) groups excluding carboxylic acids is 1. The first kappa shape index (κ1) is 11.5. The maximum atomic E-state index is 11.2. The summed E-state index contributed by atoms with van der Waals surface area (Å²) in [7, 11) is 4.09. The topological polar surface area (TPSA) is 44.4 Å². The monoisotopic (exact) mass is 199 g/mol. The van der Waals surface area contributed by atoms with E-state index >= 15 is 0 Å². The third kappa shape index (κ3) is 5.94. The second-order valence-electron chi connectivity index (χ2n) is 4.15. The summed E-state index contributed by atoms with van der Waals surface area (Å²) in [5, 5.41) is 6.20. The van der Waals surface area contributed by atoms with E-state index in [1.807, 2.05) is 14.1 Å². The normalized spacial score (nSPS) is 15.9. The van der Waals surface area contributed by atoms with Gasteiger partial charge in [-0.15, -0.1) is 0 Å². The van der Waals surface area contributed by atoms with Gasteiger partial charge in [0, 0.05) is 32.1 Å². The molecule has 0 unspecified atom stereocenters. The SMILES string of the molecule is CN(C)CCNCCC(=O)NC1CC1. The Bertz CT molecular complexity index is 178. The summed E-state index contributed by atoms with van der Waals surface area (Å²) in [6.07, 6.45) is 2.93. The summed E-state index contributed by atoms with van der Waals surface area (Å²) in [4.78, 5) is 13.4. The molecule has 0 spiro atoms. The summed E-state index contributed by atoms with van der Waals surface area (Å²) in [6.45, 7) is 2.75. The molecule has 1 fully saturated rings. The van der Waals surface area contributed by atoms with Crippen LogP contribution in [-0.2, 0) is 4.79 Å². The molecule has 1 rings (SSSR count). The van der Waals surface area contributed by atoms with Crippen molar-refractivity contribution in [3.63, 3.8) is 0 Å². The van der Waals surface area contributed by atoms with Crippen LogP contribution in [0.3, 0.4) is 0 Å². The fourth-order valence-corrected chi connectivity index (χ4v) is 1.16. The lowest BCUT2D eigenvalue weighted by Gasteiger charge is -2.10. The van der Waals surface area contributed by atoms with Crippen LogP contribution in [-0.4, -0.2) is 50.6 Å². The van der Waals surface area contributed by atoms with E-state index in [0.29, 0.717) is 12.5 Å². The molecule has 0 saturated heterocycles. The van der Waals surface area contributed by atoms with Gasteiger partial charge in [-0.1, -0.05) is 0 Å². The second-order valence-corrected chi connectivity index (χ2v) is 4.15. The van der Waals surface area contributed by atoms with Crippen LogP contribution < -0.4 is 10.6 Å². The highest BCUT2D eigenvalue weighted by Gasteiger charge is 2.22. The number of likely N-dealkylation sites (N-methyl/N-ethyl adjacent to an activating group) is 1. The first-order valence-corrected chi connectivity index (χ1v) is 5.33. The molecule has 2 N–H and O–H groups in total. The summed E-state index contributed by atoms with van der Waals surface area (Å²) < 4.78 is 0. The van der Waals surface area contributed by atoms with Crippen LogP contribution in [0, 0.1) is 0 Å². The predicted octanol–water partition coefficient (Wildman–Crippen LogP) is -0.194. The van der Waals surface area contributed by atoms with Gasteiger partial charge >= 0.3 is 0 Å². The number of amides is 1. The van der Waals surface area contributed by atoms with Crippen LogP contribution >= 0.6 is 0 Å². The van der Waals surface area contributed by atoms with Gasteiger partial charge in [-0.2, -0.15) is 0 Å². The third-order valence-corrected chi connectivity index (χ3v) is 2.21. The molecule has 1 amide bonds. The van der Waals surface area contributed by atoms with Gasteiger partial charge in [0.05, 0.1) is 0 Å². The van der Waals surface area contributed by atoms with Gasteiger partial charge in [0.25, 0.3) is 0 Å². The van der Waals surface area contributed by atoms with Crippen LogP contribution in [0.15, 0.2) is 0 Å². The van der Waals surface area contributed by atoms with E-state index < -0.39 is 0 Å². The Kier molecular flexibility index (Phi) is 4.90. The Morgan fingerprint density at radius 3 is 2.64 bits per heavy atom. The summed E-state index contributed by atoms with van der Waals surface area (Å²) >= 11 is 0. The predicted molar refractivity (Wildman–Crippen MR) is 57.2 cm³/mol. The van der Waals surface area contributed by atoms with Gasteiger partial charge < -0.3 is 15.5 Å². The van der Waals surface area contributed by atoms with Crippen LogP contribution in [0.25, 0.3) is 0 Å². The van der Waals surface area contributed by atoms with Gasteiger partial charge in [-0.05, 0) is 26.9 Å². The molecule has 0 aliphatic heterocycles. The number of hydrogen-bond donors (Lipinski definition) is 2. The molecule has 0 aromatic heterocycles. The van der Waals surface area contributed by atoms with Crippen LogP contribution in [0.5, 0.6) is 0 Å². The third-order valence-electron chi connectivity index (χ3n) is 2.21. The van der Waals surface area contributed by atoms with Gasteiger partial charge in [0.2, 0.25) is 5.91 Å². The summed E-state index contributed by atoms with van der Waals surface area (Å²) in [5.41, 5.74) is 0. The Morgan fingerprint density at radius 2 is 2.07 bits per heavy atom. The molecular formula is C10H21N3O. The minimum Gasteiger partial charge on any atom is -0.353 e. The maximum Gasteiger partial charge on any atom is 0.221 e. The van der Waals surface area contributed by atoms with Gasteiger partial charge in [-0.25, -0.2) is 0 Å². The van der Waals surface area contributed by atoms with E-state index in [-0.39, 0.29) is 5.91 Å². The maximum absolute atomic E-state index is 11.2. The van der Waals surface area contributed by atoms with E-state index in [4.69, 9.17) is 0 Å². The molecule has 1 aliphatic carbocycles. The molecule has 4 nitrogen and oxygen atoms in total. The molecule has 0 radical (unpaired) electrons. The first-order chi connectivity index (χ1) is 6.68. The lowest BCUT2D eigenvalue weighted by Crippen LogP contribution is -2.32. The fraction of sp³-hybridized carbons (Fsp3) is 0.900. The number of nitrogens with one attached hydrogen (secondary N) is 2. The van der Waals surface area contributed by atoms with Crippen LogP contribution in [0.1, 0.15) is 19.3 Å². The molecule has 0 aromatic rings. The fourth-order valence-electron chi connectivity index (χ4n) is 1.16. The number of hydrogen-bond acceptors (Lipinski definition) is 3. The van der Waals surface area contributed by atoms with Crippen molar-refractivity contribution >= 4 is 5.91 Å². The largest absolute Gasteiger partial charge is 0.353 e. The average molecular weight is 199 g/mol. The van der Waals surface area contributed by atoms with Crippen molar-refractivity contribution in [2.24, 2.45) is 0 Å². The van der Waals surface area contributed by atoms with Gasteiger partial charge in [0.15, 0.2) is 0 Å². The van der Waals surface area contributed by atoms with Crippen molar-refractivity contribution in [2.75, 3.05) is 33.7 Å². The van der Waals surface area contributed by atoms with Crippen LogP contribution in [0.4, 0.5) is 0 Å². The number of rotatable bonds is 7. The zero-order chi connectivity index (χ0) is 10.4. The summed E-state index contributed by atoms with van der Waals surface area (Å²) in [5.74, 6) is 0.185. The highest BCUT2D eigenvalue weighted by molar-refractivity contribution is 5.76. The minimum atomic E-state index is 0.185. The first-order valence-electron chi connectivity index (χ1n) is 5.33. The Balaban J connectivity index is 1.84.